The summed E-state index contributed by atoms with van der Waals surface area (Å²) in [5.41, 5.74) is 3.36. The van der Waals surface area contributed by atoms with Crippen LogP contribution in [-0.2, 0) is 0 Å². The Morgan fingerprint density at radius 2 is 1.78 bits per heavy atom. The van der Waals surface area contributed by atoms with Crippen molar-refractivity contribution in [3.05, 3.63) is 42.5 Å². The summed E-state index contributed by atoms with van der Waals surface area (Å²) in [5, 5.41) is 11.2. The van der Waals surface area contributed by atoms with E-state index in [-0.39, 0.29) is 37.8 Å². The van der Waals surface area contributed by atoms with Crippen molar-refractivity contribution in [3.8, 4) is 39.8 Å². The van der Waals surface area contributed by atoms with E-state index in [4.69, 9.17) is 14.2 Å². The van der Waals surface area contributed by atoms with Crippen molar-refractivity contribution in [1.29, 1.82) is 0 Å². The molecular formula is C16H14N3NaO3. The van der Waals surface area contributed by atoms with Crippen LogP contribution in [0.25, 0.3) is 22.5 Å². The zero-order valence-corrected chi connectivity index (χ0v) is 14.9. The molecule has 0 saturated heterocycles. The molecular weight excluding hydrogens is 305 g/mol. The number of nitrogens with one attached hydrogen (secondary N) is 1. The Bertz CT molecular complexity index is 827. The van der Waals surface area contributed by atoms with E-state index >= 15 is 0 Å². The van der Waals surface area contributed by atoms with Crippen molar-refractivity contribution in [3.63, 3.8) is 0 Å². The zero-order valence-electron chi connectivity index (χ0n) is 13.9. The molecule has 7 heteroatoms. The molecule has 0 spiro atoms. The second kappa shape index (κ2) is 6.62. The molecule has 4 rings (SSSR count). The second-order valence-corrected chi connectivity index (χ2v) is 4.80. The minimum absolute atomic E-state index is 0. The summed E-state index contributed by atoms with van der Waals surface area (Å²) in [6.07, 6.45) is 0. The van der Waals surface area contributed by atoms with Crippen LogP contribution in [0.5, 0.6) is 17.2 Å². The molecule has 1 aliphatic heterocycles. The summed E-state index contributed by atoms with van der Waals surface area (Å²) in [7, 11) is 1.60. The Balaban J connectivity index is 0.00000104. The smallest absolute Gasteiger partial charge is 1.00 e. The Hall–Kier alpha value is -2.02. The van der Waals surface area contributed by atoms with Crippen molar-refractivity contribution < 1.29 is 45.2 Å². The van der Waals surface area contributed by atoms with E-state index in [1.807, 2.05) is 42.5 Å². The molecule has 3 aromatic rings. The van der Waals surface area contributed by atoms with Crippen molar-refractivity contribution in [2.24, 2.45) is 0 Å². The SMILES string of the molecule is COc1cc(-c2n[nH]nc2-c2ccccc2)cc2c1OCO2.[H-].[Na+]. The van der Waals surface area contributed by atoms with E-state index in [1.54, 1.807) is 7.11 Å². The third-order valence-corrected chi connectivity index (χ3v) is 3.53. The van der Waals surface area contributed by atoms with Gasteiger partial charge in [-0.25, -0.2) is 0 Å². The molecule has 1 aromatic heterocycles. The van der Waals surface area contributed by atoms with Gasteiger partial charge in [-0.15, -0.1) is 0 Å². The molecule has 0 unspecified atom stereocenters. The van der Waals surface area contributed by atoms with Crippen LogP contribution in [0.2, 0.25) is 0 Å². The quantitative estimate of drug-likeness (QED) is 0.688. The summed E-state index contributed by atoms with van der Waals surface area (Å²) in [6, 6.07) is 13.6. The Morgan fingerprint density at radius 3 is 2.52 bits per heavy atom. The van der Waals surface area contributed by atoms with Gasteiger partial charge in [0.2, 0.25) is 12.5 Å². The van der Waals surface area contributed by atoms with E-state index in [0.717, 1.165) is 22.5 Å². The van der Waals surface area contributed by atoms with Crippen molar-refractivity contribution in [1.82, 2.24) is 15.4 Å². The van der Waals surface area contributed by atoms with Crippen LogP contribution >= 0.6 is 0 Å². The molecule has 0 bridgehead atoms. The van der Waals surface area contributed by atoms with Gasteiger partial charge in [-0.1, -0.05) is 30.3 Å². The number of rotatable bonds is 3. The molecule has 6 nitrogen and oxygen atoms in total. The molecule has 112 valence electrons. The van der Waals surface area contributed by atoms with E-state index < -0.39 is 0 Å². The van der Waals surface area contributed by atoms with Gasteiger partial charge >= 0.3 is 29.6 Å². The van der Waals surface area contributed by atoms with Gasteiger partial charge in [0.05, 0.1) is 7.11 Å². The number of H-pyrrole nitrogens is 1. The van der Waals surface area contributed by atoms with Gasteiger partial charge in [-0.05, 0) is 12.1 Å². The molecule has 0 radical (unpaired) electrons. The average molecular weight is 319 g/mol. The van der Waals surface area contributed by atoms with Gasteiger partial charge in [-0.2, -0.15) is 15.4 Å². The normalized spacial score (nSPS) is 11.9. The Morgan fingerprint density at radius 1 is 1.04 bits per heavy atom. The van der Waals surface area contributed by atoms with Gasteiger partial charge in [-0.3, -0.25) is 0 Å². The number of benzene rings is 2. The third kappa shape index (κ3) is 2.81. The Labute approximate surface area is 156 Å². The second-order valence-electron chi connectivity index (χ2n) is 4.80. The van der Waals surface area contributed by atoms with Crippen molar-refractivity contribution >= 4 is 0 Å². The number of nitrogens with zero attached hydrogens (tertiary/aromatic N) is 2. The fourth-order valence-electron chi connectivity index (χ4n) is 2.50. The number of ether oxygens (including phenoxy) is 3. The van der Waals surface area contributed by atoms with Gasteiger partial charge < -0.3 is 15.6 Å². The zero-order chi connectivity index (χ0) is 14.9. The molecule has 0 aliphatic carbocycles. The maximum absolute atomic E-state index is 5.46. The fourth-order valence-corrected chi connectivity index (χ4v) is 2.50. The number of aromatic nitrogens is 3. The molecule has 1 N–H and O–H groups in total. The topological polar surface area (TPSA) is 69.3 Å². The van der Waals surface area contributed by atoms with Crippen molar-refractivity contribution in [2.75, 3.05) is 13.9 Å². The molecule has 2 heterocycles. The van der Waals surface area contributed by atoms with Crippen LogP contribution < -0.4 is 43.8 Å². The third-order valence-electron chi connectivity index (χ3n) is 3.53. The summed E-state index contributed by atoms with van der Waals surface area (Å²) < 4.78 is 16.3. The number of methoxy groups -OCH3 is 1. The van der Waals surface area contributed by atoms with Crippen LogP contribution in [0.1, 0.15) is 1.43 Å². The fraction of sp³-hybridized carbons (Fsp3) is 0.125. The average Bonchev–Trinajstić information content (AvgIpc) is 3.23. The first-order valence-corrected chi connectivity index (χ1v) is 6.81. The van der Waals surface area contributed by atoms with E-state index in [9.17, 15) is 0 Å². The van der Waals surface area contributed by atoms with Crippen LogP contribution in [0.3, 0.4) is 0 Å². The monoisotopic (exact) mass is 319 g/mol. The standard InChI is InChI=1S/C16H13N3O3.Na.H/c1-20-12-7-11(8-13-16(12)22-9-21-13)15-14(17-19-18-15)10-5-3-2-4-6-10;;/h2-8H,9H2,1H3,(H,17,18,19);;/q;+1;-1. The summed E-state index contributed by atoms with van der Waals surface area (Å²) in [5.74, 6) is 1.89. The predicted molar refractivity (Wildman–Crippen MR) is 81.0 cm³/mol. The molecule has 0 saturated carbocycles. The molecule has 0 amide bonds. The number of aromatic amines is 1. The van der Waals surface area contributed by atoms with Gasteiger partial charge in [0.1, 0.15) is 11.4 Å². The van der Waals surface area contributed by atoms with Gasteiger partial charge in [0.25, 0.3) is 0 Å². The molecule has 0 fully saturated rings. The summed E-state index contributed by atoms with van der Waals surface area (Å²) in [4.78, 5) is 0. The molecule has 23 heavy (non-hydrogen) atoms. The minimum Gasteiger partial charge on any atom is -1.00 e. The Kier molecular flexibility index (Phi) is 4.56. The van der Waals surface area contributed by atoms with Gasteiger partial charge in [0.15, 0.2) is 11.5 Å². The number of hydrogen-bond donors (Lipinski definition) is 1. The minimum atomic E-state index is 0. The predicted octanol–water partition coefficient (Wildman–Crippen LogP) is -0.00750. The first kappa shape index (κ1) is 15.9. The van der Waals surface area contributed by atoms with Crippen LogP contribution in [-0.4, -0.2) is 29.3 Å². The van der Waals surface area contributed by atoms with Gasteiger partial charge in [0, 0.05) is 11.1 Å². The first-order valence-electron chi connectivity index (χ1n) is 6.81. The van der Waals surface area contributed by atoms with Crippen molar-refractivity contribution in [2.45, 2.75) is 0 Å². The van der Waals surface area contributed by atoms with Crippen LogP contribution in [0.15, 0.2) is 42.5 Å². The molecule has 0 atom stereocenters. The van der Waals surface area contributed by atoms with Crippen LogP contribution in [0.4, 0.5) is 0 Å². The number of hydrogen-bond acceptors (Lipinski definition) is 5. The number of fused-ring (bicyclic) bond motifs is 1. The largest absolute Gasteiger partial charge is 1.00 e. The van der Waals surface area contributed by atoms with E-state index in [1.165, 1.54) is 0 Å². The summed E-state index contributed by atoms with van der Waals surface area (Å²) in [6.45, 7) is 0.194. The van der Waals surface area contributed by atoms with Crippen LogP contribution in [0, 0.1) is 0 Å². The molecule has 2 aromatic carbocycles. The van der Waals surface area contributed by atoms with E-state index in [2.05, 4.69) is 15.4 Å². The summed E-state index contributed by atoms with van der Waals surface area (Å²) >= 11 is 0. The first-order chi connectivity index (χ1) is 10.9. The maximum Gasteiger partial charge on any atom is 1.00 e. The molecule has 1 aliphatic rings. The van der Waals surface area contributed by atoms with E-state index in [0.29, 0.717) is 17.2 Å². The maximum atomic E-state index is 5.46.